The standard InChI is InChI=1S/C16H19NO/c1-12(2)18-16-7-5-4-6-15(16)13-8-10-14(17-3)11-9-13/h4-12,17H,1-3H3. The molecule has 0 aliphatic carbocycles. The van der Waals surface area contributed by atoms with E-state index in [0.717, 1.165) is 17.0 Å². The van der Waals surface area contributed by atoms with Gasteiger partial charge in [-0.1, -0.05) is 30.3 Å². The van der Waals surface area contributed by atoms with Gasteiger partial charge < -0.3 is 10.1 Å². The molecular formula is C16H19NO. The zero-order chi connectivity index (χ0) is 13.0. The molecule has 0 heterocycles. The summed E-state index contributed by atoms with van der Waals surface area (Å²) in [5.74, 6) is 0.935. The van der Waals surface area contributed by atoms with Crippen LogP contribution in [0.2, 0.25) is 0 Å². The van der Waals surface area contributed by atoms with Crippen molar-refractivity contribution in [2.24, 2.45) is 0 Å². The number of para-hydroxylation sites is 1. The molecule has 1 N–H and O–H groups in total. The van der Waals surface area contributed by atoms with Crippen molar-refractivity contribution >= 4 is 5.69 Å². The van der Waals surface area contributed by atoms with Crippen molar-refractivity contribution in [2.45, 2.75) is 20.0 Å². The Balaban J connectivity index is 2.36. The minimum atomic E-state index is 0.183. The van der Waals surface area contributed by atoms with Crippen LogP contribution in [0.1, 0.15) is 13.8 Å². The third kappa shape index (κ3) is 2.83. The molecule has 0 atom stereocenters. The molecule has 2 heteroatoms. The van der Waals surface area contributed by atoms with E-state index >= 15 is 0 Å². The molecule has 0 aliphatic rings. The summed E-state index contributed by atoms with van der Waals surface area (Å²) in [5.41, 5.74) is 3.42. The van der Waals surface area contributed by atoms with Gasteiger partial charge in [-0.05, 0) is 37.6 Å². The van der Waals surface area contributed by atoms with E-state index in [9.17, 15) is 0 Å². The first kappa shape index (κ1) is 12.5. The molecule has 0 spiro atoms. The average molecular weight is 241 g/mol. The van der Waals surface area contributed by atoms with E-state index in [2.05, 4.69) is 35.6 Å². The van der Waals surface area contributed by atoms with Gasteiger partial charge in [-0.2, -0.15) is 0 Å². The largest absolute Gasteiger partial charge is 0.490 e. The Bertz CT molecular complexity index is 503. The number of anilines is 1. The van der Waals surface area contributed by atoms with Crippen LogP contribution in [-0.4, -0.2) is 13.2 Å². The Kier molecular flexibility index (Phi) is 3.88. The molecule has 0 saturated heterocycles. The molecule has 0 unspecified atom stereocenters. The lowest BCUT2D eigenvalue weighted by Gasteiger charge is -2.14. The molecule has 0 bridgehead atoms. The normalized spacial score (nSPS) is 10.4. The Morgan fingerprint density at radius 2 is 1.61 bits per heavy atom. The maximum atomic E-state index is 5.84. The molecule has 18 heavy (non-hydrogen) atoms. The van der Waals surface area contributed by atoms with Crippen molar-refractivity contribution in [1.82, 2.24) is 0 Å². The van der Waals surface area contributed by atoms with E-state index in [0.29, 0.717) is 0 Å². The zero-order valence-electron chi connectivity index (χ0n) is 11.1. The van der Waals surface area contributed by atoms with Gasteiger partial charge in [0.25, 0.3) is 0 Å². The lowest BCUT2D eigenvalue weighted by molar-refractivity contribution is 0.243. The Morgan fingerprint density at radius 3 is 2.22 bits per heavy atom. The zero-order valence-corrected chi connectivity index (χ0v) is 11.1. The van der Waals surface area contributed by atoms with Gasteiger partial charge in [0.1, 0.15) is 5.75 Å². The molecule has 0 saturated carbocycles. The molecule has 94 valence electrons. The van der Waals surface area contributed by atoms with Crippen LogP contribution in [0, 0.1) is 0 Å². The van der Waals surface area contributed by atoms with E-state index in [1.165, 1.54) is 5.56 Å². The van der Waals surface area contributed by atoms with Gasteiger partial charge in [0.2, 0.25) is 0 Å². The van der Waals surface area contributed by atoms with E-state index in [1.54, 1.807) is 0 Å². The molecule has 0 radical (unpaired) electrons. The monoisotopic (exact) mass is 241 g/mol. The van der Waals surface area contributed by atoms with Gasteiger partial charge in [-0.25, -0.2) is 0 Å². The number of benzene rings is 2. The average Bonchev–Trinajstić information content (AvgIpc) is 2.39. The van der Waals surface area contributed by atoms with Gasteiger partial charge in [0.05, 0.1) is 6.10 Å². The summed E-state index contributed by atoms with van der Waals surface area (Å²) in [5, 5.41) is 3.12. The van der Waals surface area contributed by atoms with Crippen molar-refractivity contribution in [2.75, 3.05) is 12.4 Å². The predicted octanol–water partition coefficient (Wildman–Crippen LogP) is 4.18. The smallest absolute Gasteiger partial charge is 0.127 e. The van der Waals surface area contributed by atoms with Gasteiger partial charge >= 0.3 is 0 Å². The second kappa shape index (κ2) is 5.58. The van der Waals surface area contributed by atoms with Crippen molar-refractivity contribution in [1.29, 1.82) is 0 Å². The molecule has 0 aliphatic heterocycles. The maximum absolute atomic E-state index is 5.84. The number of hydrogen-bond acceptors (Lipinski definition) is 2. The minimum Gasteiger partial charge on any atom is -0.490 e. The van der Waals surface area contributed by atoms with Crippen molar-refractivity contribution in [3.8, 4) is 16.9 Å². The first-order chi connectivity index (χ1) is 8.70. The Hall–Kier alpha value is -1.96. The summed E-state index contributed by atoms with van der Waals surface area (Å²) in [6.45, 7) is 4.09. The quantitative estimate of drug-likeness (QED) is 0.867. The van der Waals surface area contributed by atoms with Crippen molar-refractivity contribution < 1.29 is 4.74 Å². The number of rotatable bonds is 4. The van der Waals surface area contributed by atoms with E-state index in [1.807, 2.05) is 39.1 Å². The minimum absolute atomic E-state index is 0.183. The van der Waals surface area contributed by atoms with Gasteiger partial charge in [-0.3, -0.25) is 0 Å². The molecule has 0 amide bonds. The fourth-order valence-corrected chi connectivity index (χ4v) is 1.88. The third-order valence-electron chi connectivity index (χ3n) is 2.73. The lowest BCUT2D eigenvalue weighted by Crippen LogP contribution is -2.06. The van der Waals surface area contributed by atoms with Crippen LogP contribution in [0.3, 0.4) is 0 Å². The van der Waals surface area contributed by atoms with Crippen LogP contribution in [0.4, 0.5) is 5.69 Å². The van der Waals surface area contributed by atoms with Crippen LogP contribution >= 0.6 is 0 Å². The summed E-state index contributed by atoms with van der Waals surface area (Å²) >= 11 is 0. The van der Waals surface area contributed by atoms with Crippen LogP contribution < -0.4 is 10.1 Å². The fraction of sp³-hybridized carbons (Fsp3) is 0.250. The molecular weight excluding hydrogens is 222 g/mol. The molecule has 2 aromatic rings. The molecule has 0 fully saturated rings. The molecule has 0 aromatic heterocycles. The predicted molar refractivity (Wildman–Crippen MR) is 77.2 cm³/mol. The lowest BCUT2D eigenvalue weighted by atomic mass is 10.0. The van der Waals surface area contributed by atoms with E-state index < -0.39 is 0 Å². The highest BCUT2D eigenvalue weighted by Gasteiger charge is 2.06. The number of hydrogen-bond donors (Lipinski definition) is 1. The number of ether oxygens (including phenoxy) is 1. The van der Waals surface area contributed by atoms with Crippen LogP contribution in [0.15, 0.2) is 48.5 Å². The summed E-state index contributed by atoms with van der Waals surface area (Å²) in [7, 11) is 1.92. The molecule has 2 aromatic carbocycles. The molecule has 2 nitrogen and oxygen atoms in total. The van der Waals surface area contributed by atoms with E-state index in [-0.39, 0.29) is 6.10 Å². The Labute approximate surface area is 109 Å². The first-order valence-electron chi connectivity index (χ1n) is 6.24. The van der Waals surface area contributed by atoms with Crippen LogP contribution in [0.5, 0.6) is 5.75 Å². The molecule has 2 rings (SSSR count). The van der Waals surface area contributed by atoms with Gasteiger partial charge in [0, 0.05) is 18.3 Å². The highest BCUT2D eigenvalue weighted by atomic mass is 16.5. The van der Waals surface area contributed by atoms with Crippen molar-refractivity contribution in [3.63, 3.8) is 0 Å². The van der Waals surface area contributed by atoms with Crippen LogP contribution in [-0.2, 0) is 0 Å². The van der Waals surface area contributed by atoms with Crippen LogP contribution in [0.25, 0.3) is 11.1 Å². The third-order valence-corrected chi connectivity index (χ3v) is 2.73. The SMILES string of the molecule is CNc1ccc(-c2ccccc2OC(C)C)cc1. The summed E-state index contributed by atoms with van der Waals surface area (Å²) in [6.07, 6.45) is 0.183. The highest BCUT2D eigenvalue weighted by molar-refractivity contribution is 5.71. The fourth-order valence-electron chi connectivity index (χ4n) is 1.88. The topological polar surface area (TPSA) is 21.3 Å². The summed E-state index contributed by atoms with van der Waals surface area (Å²) < 4.78 is 5.84. The second-order valence-corrected chi connectivity index (χ2v) is 4.49. The summed E-state index contributed by atoms with van der Waals surface area (Å²) in [4.78, 5) is 0. The Morgan fingerprint density at radius 1 is 0.944 bits per heavy atom. The van der Waals surface area contributed by atoms with Gasteiger partial charge in [-0.15, -0.1) is 0 Å². The summed E-state index contributed by atoms with van der Waals surface area (Å²) in [6, 6.07) is 16.5. The van der Waals surface area contributed by atoms with Gasteiger partial charge in [0.15, 0.2) is 0 Å². The van der Waals surface area contributed by atoms with E-state index in [4.69, 9.17) is 4.74 Å². The second-order valence-electron chi connectivity index (χ2n) is 4.49. The number of nitrogens with one attached hydrogen (secondary N) is 1. The maximum Gasteiger partial charge on any atom is 0.127 e. The first-order valence-corrected chi connectivity index (χ1v) is 6.24. The van der Waals surface area contributed by atoms with Crippen molar-refractivity contribution in [3.05, 3.63) is 48.5 Å². The highest BCUT2D eigenvalue weighted by Crippen LogP contribution is 2.31.